The van der Waals surface area contributed by atoms with E-state index < -0.39 is 32.9 Å². The molecule has 0 spiro atoms. The van der Waals surface area contributed by atoms with E-state index >= 15 is 0 Å². The molecule has 166 valence electrons. The molecule has 9 heteroatoms. The lowest BCUT2D eigenvalue weighted by Gasteiger charge is -2.23. The SMILES string of the molecule is COc1ccc(COCCCC(CC(F)(F)F)S(=O)(=O)C(C)c2ccncc2)cc1. The van der Waals surface area contributed by atoms with E-state index in [1.165, 1.54) is 31.5 Å². The number of hydrogen-bond donors (Lipinski definition) is 0. The van der Waals surface area contributed by atoms with Gasteiger partial charge < -0.3 is 9.47 Å². The Labute approximate surface area is 175 Å². The minimum Gasteiger partial charge on any atom is -0.497 e. The average Bonchev–Trinajstić information content (AvgIpc) is 2.72. The number of alkyl halides is 3. The molecule has 5 nitrogen and oxygen atoms in total. The number of rotatable bonds is 11. The van der Waals surface area contributed by atoms with Crippen molar-refractivity contribution >= 4 is 9.84 Å². The molecule has 2 unspecified atom stereocenters. The fraction of sp³-hybridized carbons (Fsp3) is 0.476. The highest BCUT2D eigenvalue weighted by atomic mass is 32.2. The van der Waals surface area contributed by atoms with Gasteiger partial charge in [-0.15, -0.1) is 0 Å². The van der Waals surface area contributed by atoms with Gasteiger partial charge in [0.1, 0.15) is 5.75 Å². The number of halogens is 3. The first-order valence-corrected chi connectivity index (χ1v) is 11.1. The normalized spacial score (nSPS) is 14.3. The first kappa shape index (κ1) is 24.1. The Bertz CT molecular complexity index is 871. The maximum absolute atomic E-state index is 13.0. The number of pyridine rings is 1. The van der Waals surface area contributed by atoms with Crippen LogP contribution in [0.4, 0.5) is 13.2 Å². The molecule has 1 aromatic heterocycles. The van der Waals surface area contributed by atoms with Crippen molar-refractivity contribution in [3.8, 4) is 5.75 Å². The Morgan fingerprint density at radius 1 is 1.07 bits per heavy atom. The third-order valence-corrected chi connectivity index (χ3v) is 7.42. The molecule has 0 saturated heterocycles. The van der Waals surface area contributed by atoms with Crippen LogP contribution in [0, 0.1) is 0 Å². The van der Waals surface area contributed by atoms with Gasteiger partial charge in [0, 0.05) is 19.0 Å². The van der Waals surface area contributed by atoms with E-state index in [9.17, 15) is 21.6 Å². The van der Waals surface area contributed by atoms with Crippen molar-refractivity contribution in [2.75, 3.05) is 13.7 Å². The van der Waals surface area contributed by atoms with Crippen molar-refractivity contribution in [3.63, 3.8) is 0 Å². The van der Waals surface area contributed by atoms with Gasteiger partial charge in [-0.1, -0.05) is 12.1 Å². The van der Waals surface area contributed by atoms with Gasteiger partial charge in [-0.25, -0.2) is 8.42 Å². The van der Waals surface area contributed by atoms with Gasteiger partial charge >= 0.3 is 6.18 Å². The highest BCUT2D eigenvalue weighted by Gasteiger charge is 2.40. The summed E-state index contributed by atoms with van der Waals surface area (Å²) >= 11 is 0. The fourth-order valence-corrected chi connectivity index (χ4v) is 5.11. The molecular formula is C21H26F3NO4S. The van der Waals surface area contributed by atoms with Crippen LogP contribution in [-0.4, -0.2) is 38.5 Å². The van der Waals surface area contributed by atoms with Gasteiger partial charge in [0.25, 0.3) is 0 Å². The van der Waals surface area contributed by atoms with Crippen LogP contribution in [-0.2, 0) is 21.2 Å². The lowest BCUT2D eigenvalue weighted by molar-refractivity contribution is -0.135. The molecule has 30 heavy (non-hydrogen) atoms. The Balaban J connectivity index is 1.95. The zero-order valence-electron chi connectivity index (χ0n) is 16.9. The molecule has 2 aromatic rings. The number of ether oxygens (including phenoxy) is 2. The molecule has 0 fully saturated rings. The van der Waals surface area contributed by atoms with Crippen LogP contribution in [0.3, 0.4) is 0 Å². The van der Waals surface area contributed by atoms with Crippen molar-refractivity contribution in [2.45, 2.75) is 49.5 Å². The molecule has 0 aliphatic heterocycles. The Morgan fingerprint density at radius 2 is 1.70 bits per heavy atom. The largest absolute Gasteiger partial charge is 0.497 e. The monoisotopic (exact) mass is 445 g/mol. The topological polar surface area (TPSA) is 65.5 Å². The number of benzene rings is 1. The Kier molecular flexibility index (Phi) is 8.66. The fourth-order valence-electron chi connectivity index (χ4n) is 3.08. The molecular weight excluding hydrogens is 419 g/mol. The van der Waals surface area contributed by atoms with Crippen LogP contribution >= 0.6 is 0 Å². The third-order valence-electron chi connectivity index (χ3n) is 4.83. The summed E-state index contributed by atoms with van der Waals surface area (Å²) < 4.78 is 75.5. The van der Waals surface area contributed by atoms with E-state index in [1.54, 1.807) is 19.2 Å². The highest BCUT2D eigenvalue weighted by Crippen LogP contribution is 2.34. The summed E-state index contributed by atoms with van der Waals surface area (Å²) in [4.78, 5) is 3.82. The second kappa shape index (κ2) is 10.8. The molecule has 0 radical (unpaired) electrons. The van der Waals surface area contributed by atoms with Gasteiger partial charge in [0.2, 0.25) is 0 Å². The Hall–Kier alpha value is -2.13. The van der Waals surface area contributed by atoms with E-state index in [0.717, 1.165) is 5.56 Å². The van der Waals surface area contributed by atoms with Crippen molar-refractivity contribution in [1.29, 1.82) is 0 Å². The average molecular weight is 446 g/mol. The van der Waals surface area contributed by atoms with E-state index in [-0.39, 0.29) is 26.1 Å². The Morgan fingerprint density at radius 3 is 2.27 bits per heavy atom. The third kappa shape index (κ3) is 7.28. The summed E-state index contributed by atoms with van der Waals surface area (Å²) in [7, 11) is -2.49. The number of nitrogens with zero attached hydrogens (tertiary/aromatic N) is 1. The van der Waals surface area contributed by atoms with Crippen LogP contribution in [0.15, 0.2) is 48.8 Å². The van der Waals surface area contributed by atoms with Crippen molar-refractivity contribution in [3.05, 3.63) is 59.9 Å². The van der Waals surface area contributed by atoms with E-state index in [1.807, 2.05) is 12.1 Å². The first-order valence-electron chi connectivity index (χ1n) is 9.53. The van der Waals surface area contributed by atoms with E-state index in [2.05, 4.69) is 4.98 Å². The molecule has 0 bridgehead atoms. The maximum atomic E-state index is 13.0. The van der Waals surface area contributed by atoms with Gasteiger partial charge in [-0.3, -0.25) is 4.98 Å². The molecule has 1 aromatic carbocycles. The predicted octanol–water partition coefficient (Wildman–Crippen LogP) is 4.88. The summed E-state index contributed by atoms with van der Waals surface area (Å²) in [5.41, 5.74) is 1.31. The van der Waals surface area contributed by atoms with Gasteiger partial charge in [0.15, 0.2) is 9.84 Å². The quantitative estimate of drug-likeness (QED) is 0.461. The summed E-state index contributed by atoms with van der Waals surface area (Å²) in [5, 5.41) is -2.57. The summed E-state index contributed by atoms with van der Waals surface area (Å²) in [6, 6.07) is 10.2. The lowest BCUT2D eigenvalue weighted by Crippen LogP contribution is -2.31. The number of aromatic nitrogens is 1. The smallest absolute Gasteiger partial charge is 0.390 e. The maximum Gasteiger partial charge on any atom is 0.390 e. The summed E-state index contributed by atoms with van der Waals surface area (Å²) in [6.07, 6.45) is -3.01. The molecule has 0 amide bonds. The van der Waals surface area contributed by atoms with Gasteiger partial charge in [-0.2, -0.15) is 13.2 Å². The van der Waals surface area contributed by atoms with Gasteiger partial charge in [0.05, 0.1) is 30.6 Å². The summed E-state index contributed by atoms with van der Waals surface area (Å²) in [5.74, 6) is 0.710. The second-order valence-electron chi connectivity index (χ2n) is 7.00. The molecule has 0 saturated carbocycles. The number of sulfone groups is 1. The minimum atomic E-state index is -4.57. The first-order chi connectivity index (χ1) is 14.1. The van der Waals surface area contributed by atoms with Gasteiger partial charge in [-0.05, 0) is 55.2 Å². The second-order valence-corrected chi connectivity index (χ2v) is 9.55. The molecule has 0 N–H and O–H groups in total. The zero-order valence-corrected chi connectivity index (χ0v) is 17.7. The van der Waals surface area contributed by atoms with Crippen LogP contribution in [0.5, 0.6) is 5.75 Å². The zero-order chi connectivity index (χ0) is 22.2. The van der Waals surface area contributed by atoms with Crippen molar-refractivity contribution < 1.29 is 31.1 Å². The number of methoxy groups -OCH3 is 1. The molecule has 1 heterocycles. The molecule has 0 aliphatic rings. The van der Waals surface area contributed by atoms with Crippen LogP contribution in [0.1, 0.15) is 42.6 Å². The lowest BCUT2D eigenvalue weighted by atomic mass is 10.2. The predicted molar refractivity (Wildman–Crippen MR) is 108 cm³/mol. The van der Waals surface area contributed by atoms with Crippen LogP contribution < -0.4 is 4.74 Å². The number of hydrogen-bond acceptors (Lipinski definition) is 5. The van der Waals surface area contributed by atoms with Crippen molar-refractivity contribution in [1.82, 2.24) is 4.98 Å². The minimum absolute atomic E-state index is 0.125. The van der Waals surface area contributed by atoms with Crippen LogP contribution in [0.2, 0.25) is 0 Å². The van der Waals surface area contributed by atoms with E-state index in [4.69, 9.17) is 9.47 Å². The molecule has 0 aliphatic carbocycles. The van der Waals surface area contributed by atoms with Crippen LogP contribution in [0.25, 0.3) is 0 Å². The molecule has 2 rings (SSSR count). The van der Waals surface area contributed by atoms with E-state index in [0.29, 0.717) is 11.3 Å². The van der Waals surface area contributed by atoms with Crippen molar-refractivity contribution in [2.24, 2.45) is 0 Å². The standard InChI is InChI=1S/C21H26F3NO4S/c1-16(18-9-11-25-12-10-18)30(26,27)20(14-21(22,23)24)4-3-13-29-15-17-5-7-19(28-2)8-6-17/h5-12,16,20H,3-4,13-15H2,1-2H3. The molecule has 2 atom stereocenters. The summed E-state index contributed by atoms with van der Waals surface area (Å²) in [6.45, 7) is 1.86. The highest BCUT2D eigenvalue weighted by molar-refractivity contribution is 7.92.